The summed E-state index contributed by atoms with van der Waals surface area (Å²) in [5.74, 6) is 0. The molecule has 0 rings (SSSR count). The van der Waals surface area contributed by atoms with Crippen LogP contribution in [0.25, 0.3) is 0 Å². The van der Waals surface area contributed by atoms with E-state index in [9.17, 15) is 4.79 Å². The summed E-state index contributed by atoms with van der Waals surface area (Å²) in [5, 5.41) is 2.32. The lowest BCUT2D eigenvalue weighted by molar-refractivity contribution is 0.250. The number of hydrogen-bond donors (Lipinski definition) is 3. The average molecular weight is 117 g/mol. The minimum Gasteiger partial charge on any atom is -0.352 e. The Morgan fingerprint density at radius 3 is 2.50 bits per heavy atom. The Hall–Kier alpha value is -1.03. The van der Waals surface area contributed by atoms with Crippen molar-refractivity contribution in [2.24, 2.45) is 5.73 Å². The maximum atomic E-state index is 9.82. The number of urea groups is 1. The second-order valence-electron chi connectivity index (χ2n) is 1.03. The topological polar surface area (TPSA) is 90.1 Å². The molecule has 8 heavy (non-hydrogen) atoms. The Kier molecular flexibility index (Phi) is 7.51. The van der Waals surface area contributed by atoms with Crippen LogP contribution in [0.15, 0.2) is 12.7 Å². The largest absolute Gasteiger partial charge is 0.352 e. The van der Waals surface area contributed by atoms with Gasteiger partial charge in [0.25, 0.3) is 0 Å². The Morgan fingerprint density at radius 1 is 1.88 bits per heavy atom. The van der Waals surface area contributed by atoms with E-state index in [2.05, 4.69) is 17.6 Å². The van der Waals surface area contributed by atoms with Crippen LogP contribution in [0.1, 0.15) is 0 Å². The highest BCUT2D eigenvalue weighted by atomic mass is 16.2. The van der Waals surface area contributed by atoms with Gasteiger partial charge in [-0.2, -0.15) is 0 Å². The van der Waals surface area contributed by atoms with Crippen LogP contribution >= 0.6 is 0 Å². The molecule has 0 aliphatic heterocycles. The first-order chi connectivity index (χ1) is 3.27. The first kappa shape index (κ1) is 10.1. The Balaban J connectivity index is 0. The lowest BCUT2D eigenvalue weighted by Gasteiger charge is -1.90. The molecule has 0 aromatic carbocycles. The first-order valence-electron chi connectivity index (χ1n) is 1.91. The van der Waals surface area contributed by atoms with Crippen molar-refractivity contribution >= 4 is 6.03 Å². The van der Waals surface area contributed by atoms with Crippen LogP contribution in [-0.4, -0.2) is 12.6 Å². The minimum absolute atomic E-state index is 0. The number of primary amides is 1. The molecule has 4 nitrogen and oxygen atoms in total. The minimum atomic E-state index is -0.514. The first-order valence-corrected chi connectivity index (χ1v) is 1.91. The predicted molar refractivity (Wildman–Crippen MR) is 32.8 cm³/mol. The summed E-state index contributed by atoms with van der Waals surface area (Å²) in [5.41, 5.74) is 4.68. The maximum Gasteiger partial charge on any atom is 0.312 e. The molecule has 0 bridgehead atoms. The van der Waals surface area contributed by atoms with Crippen molar-refractivity contribution in [2.75, 3.05) is 6.54 Å². The molecular formula is C4H11N3O. The highest BCUT2D eigenvalue weighted by Gasteiger charge is 1.81. The van der Waals surface area contributed by atoms with Gasteiger partial charge in [0, 0.05) is 6.54 Å². The molecule has 0 aromatic rings. The SMILES string of the molecule is C=CCNC(N)=O.N. The van der Waals surface area contributed by atoms with Gasteiger partial charge in [0.15, 0.2) is 0 Å². The second kappa shape index (κ2) is 5.97. The summed E-state index contributed by atoms with van der Waals surface area (Å²) in [4.78, 5) is 9.82. The summed E-state index contributed by atoms with van der Waals surface area (Å²) in [6.45, 7) is 3.80. The van der Waals surface area contributed by atoms with E-state index in [4.69, 9.17) is 0 Å². The van der Waals surface area contributed by atoms with Crippen LogP contribution < -0.4 is 17.2 Å². The number of hydrogen-bond acceptors (Lipinski definition) is 2. The molecule has 0 heterocycles. The van der Waals surface area contributed by atoms with E-state index in [1.165, 1.54) is 0 Å². The summed E-state index contributed by atoms with van der Waals surface area (Å²) in [7, 11) is 0. The Labute approximate surface area is 48.3 Å². The average Bonchev–Trinajstić information content (AvgIpc) is 1.61. The molecule has 0 saturated carbocycles. The smallest absolute Gasteiger partial charge is 0.312 e. The van der Waals surface area contributed by atoms with Gasteiger partial charge in [-0.1, -0.05) is 6.08 Å². The van der Waals surface area contributed by atoms with Crippen molar-refractivity contribution in [2.45, 2.75) is 0 Å². The molecule has 6 N–H and O–H groups in total. The predicted octanol–water partition coefficient (Wildman–Crippen LogP) is 0.00270. The zero-order chi connectivity index (χ0) is 5.70. The van der Waals surface area contributed by atoms with E-state index in [0.717, 1.165) is 0 Å². The second-order valence-corrected chi connectivity index (χ2v) is 1.03. The van der Waals surface area contributed by atoms with Gasteiger partial charge in [0.05, 0.1) is 0 Å². The number of nitrogens with one attached hydrogen (secondary N) is 1. The number of nitrogens with two attached hydrogens (primary N) is 1. The Bertz CT molecular complexity index is 81.4. The normalized spacial score (nSPS) is 6.50. The van der Waals surface area contributed by atoms with E-state index in [-0.39, 0.29) is 6.15 Å². The third kappa shape index (κ3) is 8.88. The molecule has 48 valence electrons. The van der Waals surface area contributed by atoms with Crippen LogP contribution in [0.4, 0.5) is 4.79 Å². The van der Waals surface area contributed by atoms with Crippen LogP contribution in [0.2, 0.25) is 0 Å². The number of carbonyl (C=O) groups is 1. The van der Waals surface area contributed by atoms with Gasteiger partial charge in [0.2, 0.25) is 0 Å². The molecule has 4 heteroatoms. The van der Waals surface area contributed by atoms with Gasteiger partial charge >= 0.3 is 6.03 Å². The summed E-state index contributed by atoms with van der Waals surface area (Å²) < 4.78 is 0. The lowest BCUT2D eigenvalue weighted by atomic mass is 10.6. The summed E-state index contributed by atoms with van der Waals surface area (Å²) >= 11 is 0. The van der Waals surface area contributed by atoms with E-state index in [1.807, 2.05) is 0 Å². The third-order valence-electron chi connectivity index (χ3n) is 0.421. The highest BCUT2D eigenvalue weighted by Crippen LogP contribution is 1.56. The molecule has 0 saturated heterocycles. The molecule has 0 aliphatic carbocycles. The fraction of sp³-hybridized carbons (Fsp3) is 0.250. The lowest BCUT2D eigenvalue weighted by Crippen LogP contribution is -2.28. The van der Waals surface area contributed by atoms with E-state index < -0.39 is 6.03 Å². The number of amides is 2. The third-order valence-corrected chi connectivity index (χ3v) is 0.421. The molecule has 0 unspecified atom stereocenters. The van der Waals surface area contributed by atoms with Gasteiger partial charge in [-0.25, -0.2) is 4.79 Å². The molecule has 0 fully saturated rings. The zero-order valence-electron chi connectivity index (χ0n) is 4.68. The quantitative estimate of drug-likeness (QED) is 0.444. The van der Waals surface area contributed by atoms with E-state index >= 15 is 0 Å². The number of rotatable bonds is 2. The van der Waals surface area contributed by atoms with Crippen molar-refractivity contribution in [1.29, 1.82) is 0 Å². The van der Waals surface area contributed by atoms with Crippen molar-refractivity contribution in [3.63, 3.8) is 0 Å². The van der Waals surface area contributed by atoms with Gasteiger partial charge in [-0.3, -0.25) is 0 Å². The molecule has 0 aromatic heterocycles. The van der Waals surface area contributed by atoms with E-state index in [0.29, 0.717) is 6.54 Å². The van der Waals surface area contributed by atoms with Crippen LogP contribution in [0.5, 0.6) is 0 Å². The zero-order valence-corrected chi connectivity index (χ0v) is 4.68. The van der Waals surface area contributed by atoms with Crippen LogP contribution in [0.3, 0.4) is 0 Å². The van der Waals surface area contributed by atoms with Gasteiger partial charge in [-0.15, -0.1) is 6.58 Å². The van der Waals surface area contributed by atoms with Crippen molar-refractivity contribution in [1.82, 2.24) is 11.5 Å². The standard InChI is InChI=1S/C4H8N2O.H3N/c1-2-3-6-4(5)7;/h2H,1,3H2,(H3,5,6,7);1H3. The van der Waals surface area contributed by atoms with Gasteiger partial charge < -0.3 is 17.2 Å². The van der Waals surface area contributed by atoms with E-state index in [1.54, 1.807) is 6.08 Å². The molecule has 0 aliphatic rings. The van der Waals surface area contributed by atoms with Crippen LogP contribution in [0, 0.1) is 0 Å². The van der Waals surface area contributed by atoms with Crippen LogP contribution in [-0.2, 0) is 0 Å². The fourth-order valence-corrected chi connectivity index (χ4v) is 0.173. The fourth-order valence-electron chi connectivity index (χ4n) is 0.173. The summed E-state index contributed by atoms with van der Waals surface area (Å²) in [6.07, 6.45) is 1.56. The molecule has 0 atom stereocenters. The summed E-state index contributed by atoms with van der Waals surface area (Å²) in [6, 6.07) is -0.514. The van der Waals surface area contributed by atoms with Crippen molar-refractivity contribution in [3.8, 4) is 0 Å². The van der Waals surface area contributed by atoms with Crippen molar-refractivity contribution < 1.29 is 4.79 Å². The molecule has 2 amide bonds. The van der Waals surface area contributed by atoms with Gasteiger partial charge in [0.1, 0.15) is 0 Å². The Morgan fingerprint density at radius 2 is 2.38 bits per heavy atom. The molecular weight excluding hydrogens is 106 g/mol. The maximum absolute atomic E-state index is 9.82. The number of carbonyl (C=O) groups excluding carboxylic acids is 1. The van der Waals surface area contributed by atoms with Gasteiger partial charge in [-0.05, 0) is 0 Å². The highest BCUT2D eigenvalue weighted by molar-refractivity contribution is 5.71. The monoisotopic (exact) mass is 117 g/mol. The molecule has 0 spiro atoms. The van der Waals surface area contributed by atoms with Crippen molar-refractivity contribution in [3.05, 3.63) is 12.7 Å². The molecule has 0 radical (unpaired) electrons.